The quantitative estimate of drug-likeness (QED) is 0.692. The van der Waals surface area contributed by atoms with Gasteiger partial charge in [0, 0.05) is 0 Å². The van der Waals surface area contributed by atoms with Gasteiger partial charge in [0.2, 0.25) is 0 Å². The van der Waals surface area contributed by atoms with Crippen molar-refractivity contribution in [3.8, 4) is 0 Å². The standard InChI is InChI=1S/C23H36O3/c1-12-7-15(10-22(3)20(12)25-22)19(14-5-6-17-18(9-14)24-17)16-8-13(2)21-23(4,11-16)26-21/h12-21H,5-11H2,1-4H3. The van der Waals surface area contributed by atoms with E-state index in [-0.39, 0.29) is 11.2 Å². The van der Waals surface area contributed by atoms with Crippen LogP contribution in [0.1, 0.15) is 72.6 Å². The number of rotatable bonds is 3. The van der Waals surface area contributed by atoms with Crippen molar-refractivity contribution >= 4 is 0 Å². The van der Waals surface area contributed by atoms with Crippen LogP contribution in [0.5, 0.6) is 0 Å². The molecule has 0 spiro atoms. The Bertz CT molecular complexity index is 568. The lowest BCUT2D eigenvalue weighted by atomic mass is 9.58. The van der Waals surface area contributed by atoms with E-state index in [1.165, 1.54) is 44.9 Å². The molecule has 6 fully saturated rings. The van der Waals surface area contributed by atoms with Crippen molar-refractivity contribution in [2.75, 3.05) is 0 Å². The van der Waals surface area contributed by atoms with E-state index in [1.807, 2.05) is 0 Å². The van der Waals surface area contributed by atoms with Crippen molar-refractivity contribution in [1.82, 2.24) is 0 Å². The SMILES string of the molecule is CC1CC(C(C2CCC3OC3C2)C2CC(C)C3OC3(C)C2)CC2(C)OC12. The van der Waals surface area contributed by atoms with Crippen LogP contribution in [0.15, 0.2) is 0 Å². The molecule has 3 nitrogen and oxygen atoms in total. The lowest BCUT2D eigenvalue weighted by Gasteiger charge is -2.45. The summed E-state index contributed by atoms with van der Waals surface area (Å²) in [6.45, 7) is 9.63. The van der Waals surface area contributed by atoms with E-state index in [4.69, 9.17) is 14.2 Å². The van der Waals surface area contributed by atoms with Gasteiger partial charge < -0.3 is 14.2 Å². The Morgan fingerprint density at radius 2 is 1.31 bits per heavy atom. The van der Waals surface area contributed by atoms with E-state index in [0.717, 1.165) is 35.5 Å². The van der Waals surface area contributed by atoms with Crippen molar-refractivity contribution in [3.05, 3.63) is 0 Å². The number of hydrogen-bond donors (Lipinski definition) is 0. The molecule has 3 aliphatic carbocycles. The lowest BCUT2D eigenvalue weighted by molar-refractivity contribution is 0.0456. The summed E-state index contributed by atoms with van der Waals surface area (Å²) >= 11 is 0. The molecule has 26 heavy (non-hydrogen) atoms. The van der Waals surface area contributed by atoms with Crippen molar-refractivity contribution in [2.24, 2.45) is 35.5 Å². The van der Waals surface area contributed by atoms with Crippen LogP contribution in [0.4, 0.5) is 0 Å². The molecule has 0 radical (unpaired) electrons. The fourth-order valence-corrected chi connectivity index (χ4v) is 8.21. The second kappa shape index (κ2) is 5.27. The third kappa shape index (κ3) is 2.49. The summed E-state index contributed by atoms with van der Waals surface area (Å²) in [6.07, 6.45) is 11.7. The molecule has 11 unspecified atom stereocenters. The molecule has 3 saturated heterocycles. The molecule has 0 N–H and O–H groups in total. The van der Waals surface area contributed by atoms with Crippen LogP contribution < -0.4 is 0 Å². The normalized spacial score (nSPS) is 63.9. The topological polar surface area (TPSA) is 37.6 Å². The lowest BCUT2D eigenvalue weighted by Crippen LogP contribution is -2.43. The van der Waals surface area contributed by atoms with Gasteiger partial charge in [-0.15, -0.1) is 0 Å². The Morgan fingerprint density at radius 3 is 1.81 bits per heavy atom. The average molecular weight is 361 g/mol. The van der Waals surface area contributed by atoms with E-state index in [1.54, 1.807) is 0 Å². The Morgan fingerprint density at radius 1 is 0.731 bits per heavy atom. The molecular formula is C23H36O3. The molecule has 11 atom stereocenters. The maximum atomic E-state index is 6.18. The molecule has 3 heteroatoms. The summed E-state index contributed by atoms with van der Waals surface area (Å²) in [6, 6.07) is 0. The minimum absolute atomic E-state index is 0.191. The van der Waals surface area contributed by atoms with Crippen LogP contribution in [0.25, 0.3) is 0 Å². The summed E-state index contributed by atoms with van der Waals surface area (Å²) in [5.41, 5.74) is 0.382. The molecule has 0 aromatic rings. The van der Waals surface area contributed by atoms with Crippen LogP contribution in [0.2, 0.25) is 0 Å². The number of hydrogen-bond acceptors (Lipinski definition) is 3. The largest absolute Gasteiger partial charge is 0.370 e. The molecular weight excluding hydrogens is 324 g/mol. The predicted molar refractivity (Wildman–Crippen MR) is 99.8 cm³/mol. The fraction of sp³-hybridized carbons (Fsp3) is 1.00. The predicted octanol–water partition coefficient (Wildman–Crippen LogP) is 4.58. The smallest absolute Gasteiger partial charge is 0.0926 e. The minimum atomic E-state index is 0.191. The first kappa shape index (κ1) is 16.8. The second-order valence-corrected chi connectivity index (χ2v) is 11.4. The zero-order valence-corrected chi connectivity index (χ0v) is 16.9. The molecule has 0 bridgehead atoms. The van der Waals surface area contributed by atoms with Gasteiger partial charge in [-0.05, 0) is 94.3 Å². The van der Waals surface area contributed by atoms with E-state index in [2.05, 4.69) is 27.7 Å². The maximum Gasteiger partial charge on any atom is 0.0926 e. The van der Waals surface area contributed by atoms with Gasteiger partial charge >= 0.3 is 0 Å². The highest BCUT2D eigenvalue weighted by atomic mass is 16.6. The maximum absolute atomic E-state index is 6.18. The summed E-state index contributed by atoms with van der Waals surface area (Å²) in [7, 11) is 0. The van der Waals surface area contributed by atoms with Crippen molar-refractivity contribution in [3.63, 3.8) is 0 Å². The van der Waals surface area contributed by atoms with Gasteiger partial charge in [-0.25, -0.2) is 0 Å². The summed E-state index contributed by atoms with van der Waals surface area (Å²) in [5.74, 6) is 4.86. The first-order valence-electron chi connectivity index (χ1n) is 11.4. The summed E-state index contributed by atoms with van der Waals surface area (Å²) in [4.78, 5) is 0. The minimum Gasteiger partial charge on any atom is -0.370 e. The fourth-order valence-electron chi connectivity index (χ4n) is 8.21. The van der Waals surface area contributed by atoms with E-state index in [0.29, 0.717) is 24.4 Å². The van der Waals surface area contributed by atoms with Gasteiger partial charge in [0.15, 0.2) is 0 Å². The molecule has 146 valence electrons. The zero-order chi connectivity index (χ0) is 17.8. The Hall–Kier alpha value is -0.120. The molecule has 3 heterocycles. The third-order valence-electron chi connectivity index (χ3n) is 9.28. The van der Waals surface area contributed by atoms with E-state index in [9.17, 15) is 0 Å². The molecule has 3 aliphatic heterocycles. The number of epoxide rings is 3. The van der Waals surface area contributed by atoms with E-state index >= 15 is 0 Å². The third-order valence-corrected chi connectivity index (χ3v) is 9.28. The first-order valence-corrected chi connectivity index (χ1v) is 11.4. The van der Waals surface area contributed by atoms with Gasteiger partial charge in [-0.2, -0.15) is 0 Å². The summed E-state index contributed by atoms with van der Waals surface area (Å²) < 4.78 is 18.3. The molecule has 0 aromatic heterocycles. The van der Waals surface area contributed by atoms with E-state index < -0.39 is 0 Å². The van der Waals surface area contributed by atoms with Crippen LogP contribution >= 0.6 is 0 Å². The highest BCUT2D eigenvalue weighted by Crippen LogP contribution is 2.61. The van der Waals surface area contributed by atoms with Gasteiger partial charge in [0.05, 0.1) is 35.6 Å². The van der Waals surface area contributed by atoms with Crippen LogP contribution in [-0.4, -0.2) is 35.6 Å². The number of ether oxygens (including phenoxy) is 3. The molecule has 6 rings (SSSR count). The van der Waals surface area contributed by atoms with Gasteiger partial charge in [0.25, 0.3) is 0 Å². The van der Waals surface area contributed by atoms with Gasteiger partial charge in [-0.1, -0.05) is 13.8 Å². The zero-order valence-electron chi connectivity index (χ0n) is 16.9. The molecule has 0 aromatic carbocycles. The average Bonchev–Trinajstić information content (AvgIpc) is 3.43. The van der Waals surface area contributed by atoms with Crippen molar-refractivity contribution in [2.45, 2.75) is 108 Å². The Balaban J connectivity index is 1.28. The van der Waals surface area contributed by atoms with Gasteiger partial charge in [-0.3, -0.25) is 0 Å². The Kier molecular flexibility index (Phi) is 3.41. The van der Waals surface area contributed by atoms with Crippen LogP contribution in [0, 0.1) is 35.5 Å². The Labute approximate surface area is 158 Å². The summed E-state index contributed by atoms with van der Waals surface area (Å²) in [5, 5.41) is 0. The van der Waals surface area contributed by atoms with Crippen molar-refractivity contribution in [1.29, 1.82) is 0 Å². The highest BCUT2D eigenvalue weighted by molar-refractivity contribution is 5.12. The first-order chi connectivity index (χ1) is 12.4. The molecule has 6 aliphatic rings. The second-order valence-electron chi connectivity index (χ2n) is 11.4. The monoisotopic (exact) mass is 360 g/mol. The number of fused-ring (bicyclic) bond motifs is 3. The van der Waals surface area contributed by atoms with Crippen LogP contribution in [0.3, 0.4) is 0 Å². The highest BCUT2D eigenvalue weighted by Gasteiger charge is 2.64. The molecule has 0 amide bonds. The van der Waals surface area contributed by atoms with Gasteiger partial charge in [0.1, 0.15) is 0 Å². The van der Waals surface area contributed by atoms with Crippen molar-refractivity contribution < 1.29 is 14.2 Å². The van der Waals surface area contributed by atoms with Crippen LogP contribution in [-0.2, 0) is 14.2 Å². The molecule has 3 saturated carbocycles.